The Morgan fingerprint density at radius 2 is 2.00 bits per heavy atom. The highest BCUT2D eigenvalue weighted by Crippen LogP contribution is 2.33. The fourth-order valence-electron chi connectivity index (χ4n) is 2.23. The molecule has 2 heterocycles. The molecule has 11 heteroatoms. The average Bonchev–Trinajstić information content (AvgIpc) is 2.99. The van der Waals surface area contributed by atoms with Crippen LogP contribution in [0.15, 0.2) is 29.2 Å². The van der Waals surface area contributed by atoms with Crippen LogP contribution in [0.4, 0.5) is 22.7 Å². The molecule has 1 amide bonds. The zero-order chi connectivity index (χ0) is 18.4. The SMILES string of the molecule is Cn1cc(C(=O)Nc2nnc(C(F)(F)F)s2)c(=O)c2cccc(F)c21. The minimum Gasteiger partial charge on any atom is -0.347 e. The summed E-state index contributed by atoms with van der Waals surface area (Å²) in [7, 11) is 1.44. The number of pyridine rings is 1. The molecule has 0 saturated carbocycles. The molecule has 0 bridgehead atoms. The number of benzene rings is 1. The highest BCUT2D eigenvalue weighted by molar-refractivity contribution is 7.15. The van der Waals surface area contributed by atoms with Crippen LogP contribution in [0.1, 0.15) is 15.4 Å². The normalized spacial score (nSPS) is 11.7. The number of fused-ring (bicyclic) bond motifs is 1. The topological polar surface area (TPSA) is 76.9 Å². The Kier molecular flexibility index (Phi) is 4.03. The van der Waals surface area contributed by atoms with Gasteiger partial charge in [0.1, 0.15) is 11.4 Å². The minimum atomic E-state index is -4.68. The fraction of sp³-hybridized carbons (Fsp3) is 0.143. The molecular formula is C14H8F4N4O2S. The van der Waals surface area contributed by atoms with Gasteiger partial charge in [-0.3, -0.25) is 14.9 Å². The summed E-state index contributed by atoms with van der Waals surface area (Å²) in [5.74, 6) is -1.60. The van der Waals surface area contributed by atoms with Gasteiger partial charge in [0.15, 0.2) is 0 Å². The predicted octanol–water partition coefficient (Wildman–Crippen LogP) is 2.80. The lowest BCUT2D eigenvalue weighted by molar-refractivity contribution is -0.138. The third kappa shape index (κ3) is 3.09. The van der Waals surface area contributed by atoms with Crippen molar-refractivity contribution in [3.05, 3.63) is 51.0 Å². The molecule has 0 unspecified atom stereocenters. The summed E-state index contributed by atoms with van der Waals surface area (Å²) in [5.41, 5.74) is -1.09. The lowest BCUT2D eigenvalue weighted by Gasteiger charge is -2.09. The standard InChI is InChI=1S/C14H8F4N4O2S/c1-22-5-7(10(23)6-3-2-4-8(15)9(6)22)11(24)19-13-21-20-12(25-13)14(16,17)18/h2-5H,1H3,(H,19,21,24). The number of carbonyl (C=O) groups excluding carboxylic acids is 1. The first kappa shape index (κ1) is 17.0. The maximum Gasteiger partial charge on any atom is 0.445 e. The van der Waals surface area contributed by atoms with Crippen molar-refractivity contribution in [2.75, 3.05) is 5.32 Å². The quantitative estimate of drug-likeness (QED) is 0.702. The van der Waals surface area contributed by atoms with Crippen molar-refractivity contribution in [2.24, 2.45) is 7.05 Å². The first-order valence-electron chi connectivity index (χ1n) is 6.68. The number of anilines is 1. The van der Waals surface area contributed by atoms with Crippen molar-refractivity contribution in [1.29, 1.82) is 0 Å². The van der Waals surface area contributed by atoms with Gasteiger partial charge >= 0.3 is 6.18 Å². The maximum absolute atomic E-state index is 13.8. The van der Waals surface area contributed by atoms with Gasteiger partial charge in [-0.1, -0.05) is 17.4 Å². The van der Waals surface area contributed by atoms with E-state index in [9.17, 15) is 27.2 Å². The zero-order valence-corrected chi connectivity index (χ0v) is 13.2. The molecule has 0 saturated heterocycles. The molecule has 0 radical (unpaired) electrons. The van der Waals surface area contributed by atoms with Crippen LogP contribution < -0.4 is 10.7 Å². The van der Waals surface area contributed by atoms with Crippen LogP contribution in [0.2, 0.25) is 0 Å². The summed E-state index contributed by atoms with van der Waals surface area (Å²) in [6.45, 7) is 0. The van der Waals surface area contributed by atoms with Gasteiger partial charge in [0.2, 0.25) is 15.6 Å². The van der Waals surface area contributed by atoms with Gasteiger partial charge in [0.05, 0.1) is 5.52 Å². The summed E-state index contributed by atoms with van der Waals surface area (Å²) in [4.78, 5) is 24.6. The highest BCUT2D eigenvalue weighted by atomic mass is 32.1. The highest BCUT2D eigenvalue weighted by Gasteiger charge is 2.36. The van der Waals surface area contributed by atoms with Crippen molar-refractivity contribution >= 4 is 33.3 Å². The average molecular weight is 372 g/mol. The molecule has 25 heavy (non-hydrogen) atoms. The first-order valence-corrected chi connectivity index (χ1v) is 7.50. The molecule has 6 nitrogen and oxygen atoms in total. The molecule has 0 atom stereocenters. The Morgan fingerprint density at radius 1 is 1.28 bits per heavy atom. The molecule has 3 rings (SSSR count). The van der Waals surface area contributed by atoms with E-state index in [4.69, 9.17) is 0 Å². The second-order valence-electron chi connectivity index (χ2n) is 4.98. The number of carbonyl (C=O) groups is 1. The fourth-order valence-corrected chi connectivity index (χ4v) is 2.84. The number of para-hydroxylation sites is 1. The number of aryl methyl sites for hydroxylation is 1. The lowest BCUT2D eigenvalue weighted by atomic mass is 10.1. The number of nitrogens with zero attached hydrogens (tertiary/aromatic N) is 3. The van der Waals surface area contributed by atoms with E-state index in [1.807, 2.05) is 0 Å². The van der Waals surface area contributed by atoms with Crippen LogP contribution in [-0.4, -0.2) is 20.7 Å². The van der Waals surface area contributed by atoms with Crippen LogP contribution in [-0.2, 0) is 13.2 Å². The Balaban J connectivity index is 1.99. The van der Waals surface area contributed by atoms with Gasteiger partial charge in [-0.25, -0.2) is 4.39 Å². The zero-order valence-electron chi connectivity index (χ0n) is 12.4. The summed E-state index contributed by atoms with van der Waals surface area (Å²) in [6.07, 6.45) is -3.58. The summed E-state index contributed by atoms with van der Waals surface area (Å²) in [5, 5.41) is 6.60. The van der Waals surface area contributed by atoms with Crippen molar-refractivity contribution in [3.63, 3.8) is 0 Å². The van der Waals surface area contributed by atoms with Gasteiger partial charge < -0.3 is 4.57 Å². The molecule has 130 valence electrons. The number of amides is 1. The maximum atomic E-state index is 13.8. The van der Waals surface area contributed by atoms with E-state index in [2.05, 4.69) is 15.5 Å². The van der Waals surface area contributed by atoms with Crippen molar-refractivity contribution in [1.82, 2.24) is 14.8 Å². The van der Waals surface area contributed by atoms with Crippen LogP contribution in [0.3, 0.4) is 0 Å². The van der Waals surface area contributed by atoms with E-state index in [0.29, 0.717) is 0 Å². The third-order valence-electron chi connectivity index (χ3n) is 3.28. The van der Waals surface area contributed by atoms with E-state index in [1.165, 1.54) is 29.8 Å². The monoisotopic (exact) mass is 372 g/mol. The van der Waals surface area contributed by atoms with E-state index in [1.54, 1.807) is 0 Å². The van der Waals surface area contributed by atoms with Crippen LogP contribution >= 0.6 is 11.3 Å². The summed E-state index contributed by atoms with van der Waals surface area (Å²) in [6, 6.07) is 3.84. The second kappa shape index (κ2) is 5.92. The smallest absolute Gasteiger partial charge is 0.347 e. The van der Waals surface area contributed by atoms with Crippen LogP contribution in [0.5, 0.6) is 0 Å². The van der Waals surface area contributed by atoms with Gasteiger partial charge in [-0.2, -0.15) is 13.2 Å². The Morgan fingerprint density at radius 3 is 2.64 bits per heavy atom. The van der Waals surface area contributed by atoms with Crippen LogP contribution in [0.25, 0.3) is 10.9 Å². The van der Waals surface area contributed by atoms with Gasteiger partial charge in [-0.05, 0) is 12.1 Å². The van der Waals surface area contributed by atoms with Crippen molar-refractivity contribution in [3.8, 4) is 0 Å². The number of hydrogen-bond acceptors (Lipinski definition) is 5. The number of nitrogens with one attached hydrogen (secondary N) is 1. The number of hydrogen-bond donors (Lipinski definition) is 1. The Bertz CT molecular complexity index is 1040. The van der Waals surface area contributed by atoms with Crippen molar-refractivity contribution in [2.45, 2.75) is 6.18 Å². The molecule has 0 aliphatic carbocycles. The molecule has 1 N–H and O–H groups in total. The van der Waals surface area contributed by atoms with E-state index in [0.717, 1.165) is 6.20 Å². The molecule has 0 fully saturated rings. The number of alkyl halides is 3. The Labute approximate surface area is 140 Å². The predicted molar refractivity (Wildman–Crippen MR) is 82.0 cm³/mol. The van der Waals surface area contributed by atoms with Gasteiger partial charge in [0, 0.05) is 18.6 Å². The minimum absolute atomic E-state index is 0.0133. The largest absolute Gasteiger partial charge is 0.445 e. The molecule has 3 aromatic rings. The number of aromatic nitrogens is 3. The van der Waals surface area contributed by atoms with Crippen LogP contribution in [0, 0.1) is 5.82 Å². The molecular weight excluding hydrogens is 364 g/mol. The number of halogens is 4. The van der Waals surface area contributed by atoms with E-state index >= 15 is 0 Å². The third-order valence-corrected chi connectivity index (χ3v) is 4.17. The summed E-state index contributed by atoms with van der Waals surface area (Å²) >= 11 is 0.131. The molecule has 0 spiro atoms. The summed E-state index contributed by atoms with van der Waals surface area (Å²) < 4.78 is 52.6. The molecule has 0 aliphatic rings. The first-order chi connectivity index (χ1) is 11.7. The number of rotatable bonds is 2. The molecule has 0 aliphatic heterocycles. The molecule has 2 aromatic heterocycles. The lowest BCUT2D eigenvalue weighted by Crippen LogP contribution is -2.23. The van der Waals surface area contributed by atoms with Gasteiger partial charge in [-0.15, -0.1) is 10.2 Å². The van der Waals surface area contributed by atoms with Gasteiger partial charge in [0.25, 0.3) is 5.91 Å². The van der Waals surface area contributed by atoms with E-state index < -0.39 is 33.5 Å². The van der Waals surface area contributed by atoms with E-state index in [-0.39, 0.29) is 27.8 Å². The molecule has 1 aromatic carbocycles. The van der Waals surface area contributed by atoms with Crippen molar-refractivity contribution < 1.29 is 22.4 Å². The second-order valence-corrected chi connectivity index (χ2v) is 5.96. The Hall–Kier alpha value is -2.82.